The van der Waals surface area contributed by atoms with E-state index < -0.39 is 0 Å². The van der Waals surface area contributed by atoms with E-state index in [0.29, 0.717) is 17.1 Å². The number of rotatable bonds is 4. The third-order valence-corrected chi connectivity index (χ3v) is 3.93. The molecule has 0 aliphatic heterocycles. The molecule has 2 rings (SSSR count). The minimum Gasteiger partial charge on any atom is -0.506 e. The predicted octanol–water partition coefficient (Wildman–Crippen LogP) is 5.03. The summed E-state index contributed by atoms with van der Waals surface area (Å²) in [5.74, 6) is 0.0688. The highest BCUT2D eigenvalue weighted by Gasteiger charge is 2.07. The third-order valence-electron chi connectivity index (χ3n) is 2.68. The largest absolute Gasteiger partial charge is 0.506 e. The van der Waals surface area contributed by atoms with Crippen LogP contribution in [-0.4, -0.2) is 11.4 Å². The van der Waals surface area contributed by atoms with Crippen LogP contribution in [0.3, 0.4) is 0 Å². The van der Waals surface area contributed by atoms with Crippen LogP contribution in [0.15, 0.2) is 41.3 Å². The topological polar surface area (TPSA) is 32.3 Å². The molecule has 0 fully saturated rings. The summed E-state index contributed by atoms with van der Waals surface area (Å²) < 4.78 is 0. The smallest absolute Gasteiger partial charge is 0.139 e. The van der Waals surface area contributed by atoms with E-state index in [-0.39, 0.29) is 10.8 Å². The van der Waals surface area contributed by atoms with Crippen molar-refractivity contribution in [3.8, 4) is 5.75 Å². The molecule has 0 atom stereocenters. The Morgan fingerprint density at radius 2 is 1.84 bits per heavy atom. The van der Waals surface area contributed by atoms with Crippen LogP contribution in [0.2, 0.25) is 10.0 Å². The van der Waals surface area contributed by atoms with Crippen molar-refractivity contribution < 1.29 is 5.11 Å². The second-order valence-corrected chi connectivity index (χ2v) is 5.70. The van der Waals surface area contributed by atoms with Crippen LogP contribution in [0.1, 0.15) is 5.56 Å². The molecule has 0 saturated carbocycles. The van der Waals surface area contributed by atoms with Gasteiger partial charge in [0.1, 0.15) is 5.75 Å². The molecule has 0 aromatic heterocycles. The number of nitrogens with one attached hydrogen (secondary N) is 1. The number of phenolic OH excluding ortho intramolecular Hbond substituents is 1. The number of thioether (sulfide) groups is 1. The summed E-state index contributed by atoms with van der Waals surface area (Å²) in [5.41, 5.74) is 1.65. The Hall–Kier alpha value is -1.03. The lowest BCUT2D eigenvalue weighted by atomic mass is 10.2. The molecule has 0 aliphatic carbocycles. The Morgan fingerprint density at radius 3 is 2.47 bits per heavy atom. The van der Waals surface area contributed by atoms with E-state index in [1.54, 1.807) is 17.8 Å². The Kier molecular flexibility index (Phi) is 4.86. The highest BCUT2D eigenvalue weighted by atomic mass is 35.5. The summed E-state index contributed by atoms with van der Waals surface area (Å²) in [6, 6.07) is 11.3. The summed E-state index contributed by atoms with van der Waals surface area (Å²) in [6.45, 7) is 0.463. The van der Waals surface area contributed by atoms with Gasteiger partial charge in [-0.1, -0.05) is 23.2 Å². The van der Waals surface area contributed by atoms with Crippen LogP contribution >= 0.6 is 35.0 Å². The van der Waals surface area contributed by atoms with Gasteiger partial charge >= 0.3 is 0 Å². The molecule has 0 spiro atoms. The van der Waals surface area contributed by atoms with Gasteiger partial charge in [-0.2, -0.15) is 0 Å². The maximum absolute atomic E-state index is 9.85. The first-order chi connectivity index (χ1) is 9.10. The average Bonchev–Trinajstić information content (AvgIpc) is 2.41. The Balaban J connectivity index is 2.09. The molecular weight excluding hydrogens is 301 g/mol. The molecule has 2 nitrogen and oxygen atoms in total. The monoisotopic (exact) mass is 313 g/mol. The molecule has 0 aliphatic rings. The van der Waals surface area contributed by atoms with Crippen LogP contribution in [0.5, 0.6) is 5.75 Å². The second kappa shape index (κ2) is 6.42. The first-order valence-electron chi connectivity index (χ1n) is 5.65. The quantitative estimate of drug-likeness (QED) is 0.776. The zero-order valence-corrected chi connectivity index (χ0v) is 12.6. The summed E-state index contributed by atoms with van der Waals surface area (Å²) in [4.78, 5) is 1.21. The van der Waals surface area contributed by atoms with Gasteiger partial charge in [-0.3, -0.25) is 0 Å². The van der Waals surface area contributed by atoms with Gasteiger partial charge < -0.3 is 10.4 Å². The van der Waals surface area contributed by atoms with Crippen LogP contribution in [-0.2, 0) is 6.54 Å². The van der Waals surface area contributed by atoms with Gasteiger partial charge in [0.05, 0.1) is 5.02 Å². The molecule has 2 N–H and O–H groups in total. The van der Waals surface area contributed by atoms with E-state index in [2.05, 4.69) is 5.32 Å². The van der Waals surface area contributed by atoms with Crippen molar-refractivity contribution in [3.05, 3.63) is 52.0 Å². The lowest BCUT2D eigenvalue weighted by Crippen LogP contribution is -1.99. The highest BCUT2D eigenvalue weighted by molar-refractivity contribution is 7.98. The fraction of sp³-hybridized carbons (Fsp3) is 0.143. The lowest BCUT2D eigenvalue weighted by molar-refractivity contribution is 0.469. The van der Waals surface area contributed by atoms with Crippen molar-refractivity contribution in [1.82, 2.24) is 0 Å². The third kappa shape index (κ3) is 3.72. The predicted molar refractivity (Wildman–Crippen MR) is 83.7 cm³/mol. The van der Waals surface area contributed by atoms with E-state index in [9.17, 15) is 5.11 Å². The number of hydrogen-bond acceptors (Lipinski definition) is 3. The van der Waals surface area contributed by atoms with Gasteiger partial charge in [0.15, 0.2) is 0 Å². The van der Waals surface area contributed by atoms with Crippen LogP contribution in [0, 0.1) is 0 Å². The van der Waals surface area contributed by atoms with Crippen molar-refractivity contribution in [2.24, 2.45) is 0 Å². The van der Waals surface area contributed by atoms with Crippen molar-refractivity contribution in [2.75, 3.05) is 11.6 Å². The van der Waals surface area contributed by atoms with Gasteiger partial charge in [-0.05, 0) is 42.7 Å². The first kappa shape index (κ1) is 14.4. The summed E-state index contributed by atoms with van der Waals surface area (Å²) in [7, 11) is 0. The Morgan fingerprint density at radius 1 is 1.16 bits per heavy atom. The zero-order chi connectivity index (χ0) is 13.8. The molecule has 2 aromatic rings. The van der Waals surface area contributed by atoms with Crippen molar-refractivity contribution in [1.29, 1.82) is 0 Å². The summed E-state index contributed by atoms with van der Waals surface area (Å²) >= 11 is 13.5. The van der Waals surface area contributed by atoms with Crippen LogP contribution in [0.4, 0.5) is 5.69 Å². The lowest BCUT2D eigenvalue weighted by Gasteiger charge is -2.10. The molecule has 0 unspecified atom stereocenters. The second-order valence-electron chi connectivity index (χ2n) is 3.98. The molecular formula is C14H13Cl2NOS. The van der Waals surface area contributed by atoms with Gasteiger partial charge in [0.2, 0.25) is 0 Å². The Labute approximate surface area is 126 Å². The van der Waals surface area contributed by atoms with Crippen LogP contribution < -0.4 is 5.32 Å². The number of hydrogen-bond donors (Lipinski definition) is 2. The minimum absolute atomic E-state index is 0.0688. The van der Waals surface area contributed by atoms with Crippen molar-refractivity contribution in [3.63, 3.8) is 0 Å². The number of aromatic hydroxyl groups is 1. The van der Waals surface area contributed by atoms with Gasteiger partial charge in [-0.15, -0.1) is 11.8 Å². The van der Waals surface area contributed by atoms with E-state index in [1.807, 2.05) is 30.5 Å². The molecule has 0 amide bonds. The van der Waals surface area contributed by atoms with Crippen LogP contribution in [0.25, 0.3) is 0 Å². The fourth-order valence-corrected chi connectivity index (χ4v) is 2.60. The zero-order valence-electron chi connectivity index (χ0n) is 10.3. The minimum atomic E-state index is 0.0688. The van der Waals surface area contributed by atoms with Crippen molar-refractivity contribution in [2.45, 2.75) is 11.4 Å². The van der Waals surface area contributed by atoms with E-state index in [0.717, 1.165) is 5.69 Å². The van der Waals surface area contributed by atoms with Gasteiger partial charge in [0, 0.05) is 27.7 Å². The maximum atomic E-state index is 9.85. The van der Waals surface area contributed by atoms with E-state index >= 15 is 0 Å². The normalized spacial score (nSPS) is 10.5. The molecule has 0 bridgehead atoms. The average molecular weight is 314 g/mol. The molecule has 0 saturated heterocycles. The van der Waals surface area contributed by atoms with Gasteiger partial charge in [-0.25, -0.2) is 0 Å². The Bertz CT molecular complexity index is 572. The molecule has 2 aromatic carbocycles. The summed E-state index contributed by atoms with van der Waals surface area (Å²) in [5, 5.41) is 13.8. The molecule has 100 valence electrons. The molecule has 5 heteroatoms. The molecule has 0 radical (unpaired) electrons. The van der Waals surface area contributed by atoms with E-state index in [1.165, 1.54) is 11.0 Å². The van der Waals surface area contributed by atoms with E-state index in [4.69, 9.17) is 23.2 Å². The number of anilines is 1. The number of benzene rings is 2. The highest BCUT2D eigenvalue weighted by Crippen LogP contribution is 2.31. The van der Waals surface area contributed by atoms with Crippen molar-refractivity contribution >= 4 is 40.7 Å². The van der Waals surface area contributed by atoms with Gasteiger partial charge in [0.25, 0.3) is 0 Å². The SMILES string of the molecule is CSc1ccc(NCc2cc(Cl)cc(Cl)c2O)cc1. The first-order valence-corrected chi connectivity index (χ1v) is 7.63. The summed E-state index contributed by atoms with van der Waals surface area (Å²) in [6.07, 6.45) is 2.04. The maximum Gasteiger partial charge on any atom is 0.139 e. The fourth-order valence-electron chi connectivity index (χ4n) is 1.66. The molecule has 0 heterocycles. The standard InChI is InChI=1S/C14H13Cl2NOS/c1-19-12-4-2-11(3-5-12)17-8-9-6-10(15)7-13(16)14(9)18/h2-7,17-18H,8H2,1H3. The number of halogens is 2. The number of phenols is 1. The molecule has 19 heavy (non-hydrogen) atoms.